The maximum atomic E-state index is 13.1. The van der Waals surface area contributed by atoms with Crippen molar-refractivity contribution >= 4 is 5.69 Å². The minimum Gasteiger partial charge on any atom is -0.382 e. The number of benzene rings is 1. The summed E-state index contributed by atoms with van der Waals surface area (Å²) >= 11 is 0. The molecule has 3 heteroatoms. The van der Waals surface area contributed by atoms with Crippen LogP contribution >= 0.6 is 0 Å². The van der Waals surface area contributed by atoms with Gasteiger partial charge in [-0.1, -0.05) is 0 Å². The van der Waals surface area contributed by atoms with Crippen LogP contribution in [0.25, 0.3) is 0 Å². The van der Waals surface area contributed by atoms with Gasteiger partial charge in [0, 0.05) is 24.9 Å². The van der Waals surface area contributed by atoms with Crippen LogP contribution in [-0.4, -0.2) is 19.3 Å². The van der Waals surface area contributed by atoms with E-state index in [0.29, 0.717) is 11.6 Å². The number of halogens is 1. The summed E-state index contributed by atoms with van der Waals surface area (Å²) in [4.78, 5) is 0. The molecule has 1 heterocycles. The number of ether oxygens (including phenoxy) is 1. The highest BCUT2D eigenvalue weighted by molar-refractivity contribution is 5.46. The fraction of sp³-hybridized carbons (Fsp3) is 0.538. The van der Waals surface area contributed by atoms with E-state index in [1.807, 2.05) is 6.07 Å². The first kappa shape index (κ1) is 11.4. The Balaban J connectivity index is 1.99. The van der Waals surface area contributed by atoms with Crippen molar-refractivity contribution in [2.24, 2.45) is 0 Å². The first-order valence-corrected chi connectivity index (χ1v) is 5.86. The third kappa shape index (κ3) is 2.95. The van der Waals surface area contributed by atoms with Crippen molar-refractivity contribution in [2.45, 2.75) is 32.2 Å². The summed E-state index contributed by atoms with van der Waals surface area (Å²) in [7, 11) is 0. The van der Waals surface area contributed by atoms with Crippen LogP contribution in [0.2, 0.25) is 0 Å². The summed E-state index contributed by atoms with van der Waals surface area (Å²) in [6, 6.07) is 5.63. The zero-order valence-corrected chi connectivity index (χ0v) is 9.63. The summed E-state index contributed by atoms with van der Waals surface area (Å²) in [5.41, 5.74) is 1.70. The molecule has 0 aromatic heterocycles. The van der Waals surface area contributed by atoms with Crippen LogP contribution in [0.1, 0.15) is 24.8 Å². The number of hydrogen-bond donors (Lipinski definition) is 1. The molecule has 1 atom stereocenters. The Morgan fingerprint density at radius 2 is 2.19 bits per heavy atom. The first-order valence-electron chi connectivity index (χ1n) is 5.86. The summed E-state index contributed by atoms with van der Waals surface area (Å²) < 4.78 is 18.5. The van der Waals surface area contributed by atoms with E-state index in [2.05, 4.69) is 5.32 Å². The highest BCUT2D eigenvalue weighted by atomic mass is 19.1. The van der Waals surface area contributed by atoms with Gasteiger partial charge in [-0.05, 0) is 49.9 Å². The molecule has 1 unspecified atom stereocenters. The van der Waals surface area contributed by atoms with E-state index < -0.39 is 0 Å². The van der Waals surface area contributed by atoms with Gasteiger partial charge in [-0.25, -0.2) is 4.39 Å². The van der Waals surface area contributed by atoms with Crippen LogP contribution in [-0.2, 0) is 4.74 Å². The van der Waals surface area contributed by atoms with E-state index in [9.17, 15) is 4.39 Å². The molecule has 1 saturated heterocycles. The molecule has 1 aromatic carbocycles. The van der Waals surface area contributed by atoms with Crippen LogP contribution in [0, 0.1) is 12.7 Å². The van der Waals surface area contributed by atoms with Crippen LogP contribution in [0.5, 0.6) is 0 Å². The molecule has 0 saturated carbocycles. The molecule has 1 aliphatic rings. The quantitative estimate of drug-likeness (QED) is 0.831. The normalized spacial score (nSPS) is 21.5. The molecule has 0 radical (unpaired) electrons. The van der Waals surface area contributed by atoms with Gasteiger partial charge < -0.3 is 10.1 Å². The van der Waals surface area contributed by atoms with Gasteiger partial charge in [0.25, 0.3) is 0 Å². The number of anilines is 1. The highest BCUT2D eigenvalue weighted by Gasteiger charge is 2.12. The minimum atomic E-state index is -0.144. The van der Waals surface area contributed by atoms with Gasteiger partial charge >= 0.3 is 0 Å². The lowest BCUT2D eigenvalue weighted by Gasteiger charge is -2.17. The van der Waals surface area contributed by atoms with Gasteiger partial charge in [0.2, 0.25) is 0 Å². The van der Waals surface area contributed by atoms with Crippen molar-refractivity contribution < 1.29 is 9.13 Å². The Hall–Kier alpha value is -1.09. The molecule has 0 amide bonds. The molecule has 1 aromatic rings. The lowest BCUT2D eigenvalue weighted by molar-refractivity contribution is 0.144. The first-order chi connectivity index (χ1) is 7.75. The molecule has 16 heavy (non-hydrogen) atoms. The largest absolute Gasteiger partial charge is 0.382 e. The van der Waals surface area contributed by atoms with Gasteiger partial charge in [0.15, 0.2) is 0 Å². The number of rotatable bonds is 2. The van der Waals surface area contributed by atoms with Crippen molar-refractivity contribution in [3.8, 4) is 0 Å². The average molecular weight is 223 g/mol. The maximum Gasteiger partial charge on any atom is 0.126 e. The predicted molar refractivity (Wildman–Crippen MR) is 63.2 cm³/mol. The van der Waals surface area contributed by atoms with E-state index in [1.165, 1.54) is 6.07 Å². The summed E-state index contributed by atoms with van der Waals surface area (Å²) in [6.45, 7) is 3.47. The van der Waals surface area contributed by atoms with Crippen molar-refractivity contribution in [1.29, 1.82) is 0 Å². The predicted octanol–water partition coefficient (Wildman–Crippen LogP) is 3.12. The van der Waals surface area contributed by atoms with Gasteiger partial charge in [0.05, 0.1) is 0 Å². The monoisotopic (exact) mass is 223 g/mol. The van der Waals surface area contributed by atoms with Crippen LogP contribution in [0.3, 0.4) is 0 Å². The van der Waals surface area contributed by atoms with E-state index in [1.54, 1.807) is 13.0 Å². The molecule has 0 aliphatic carbocycles. The van der Waals surface area contributed by atoms with Crippen LogP contribution in [0.15, 0.2) is 18.2 Å². The lowest BCUT2D eigenvalue weighted by atomic mass is 10.1. The molecule has 1 aliphatic heterocycles. The standard InChI is InChI=1S/C13H18FNO/c1-10-9-12(4-5-13(10)14)15-11-3-2-7-16-8-6-11/h4-5,9,11,15H,2-3,6-8H2,1H3. The second kappa shape index (κ2) is 5.30. The van der Waals surface area contributed by atoms with Gasteiger partial charge in [0.1, 0.15) is 5.82 Å². The Morgan fingerprint density at radius 1 is 1.31 bits per heavy atom. The molecule has 0 spiro atoms. The summed E-state index contributed by atoms with van der Waals surface area (Å²) in [6.07, 6.45) is 3.24. The zero-order valence-electron chi connectivity index (χ0n) is 9.63. The third-order valence-corrected chi connectivity index (χ3v) is 2.98. The SMILES string of the molecule is Cc1cc(NC2CCCOCC2)ccc1F. The smallest absolute Gasteiger partial charge is 0.126 e. The van der Waals surface area contributed by atoms with Crippen LogP contribution in [0.4, 0.5) is 10.1 Å². The lowest BCUT2D eigenvalue weighted by Crippen LogP contribution is -2.19. The number of hydrogen-bond acceptors (Lipinski definition) is 2. The second-order valence-corrected chi connectivity index (χ2v) is 4.35. The van der Waals surface area contributed by atoms with Crippen LogP contribution < -0.4 is 5.32 Å². The Bertz CT molecular complexity index is 346. The number of aryl methyl sites for hydroxylation is 1. The zero-order chi connectivity index (χ0) is 11.4. The highest BCUT2D eigenvalue weighted by Crippen LogP contribution is 2.18. The van der Waals surface area contributed by atoms with E-state index in [4.69, 9.17) is 4.74 Å². The maximum absolute atomic E-state index is 13.1. The van der Waals surface area contributed by atoms with Crippen molar-refractivity contribution in [3.05, 3.63) is 29.6 Å². The second-order valence-electron chi connectivity index (χ2n) is 4.35. The molecule has 88 valence electrons. The fourth-order valence-corrected chi connectivity index (χ4v) is 2.02. The van der Waals surface area contributed by atoms with E-state index in [-0.39, 0.29) is 5.82 Å². The van der Waals surface area contributed by atoms with E-state index >= 15 is 0 Å². The number of nitrogens with one attached hydrogen (secondary N) is 1. The molecular formula is C13H18FNO. The van der Waals surface area contributed by atoms with Gasteiger partial charge in [-0.15, -0.1) is 0 Å². The molecule has 1 N–H and O–H groups in total. The van der Waals surface area contributed by atoms with Gasteiger partial charge in [-0.2, -0.15) is 0 Å². The molecular weight excluding hydrogens is 205 g/mol. The molecule has 1 fully saturated rings. The molecule has 0 bridgehead atoms. The average Bonchev–Trinajstić information content (AvgIpc) is 2.52. The third-order valence-electron chi connectivity index (χ3n) is 2.98. The van der Waals surface area contributed by atoms with Crippen molar-refractivity contribution in [1.82, 2.24) is 0 Å². The fourth-order valence-electron chi connectivity index (χ4n) is 2.02. The molecule has 2 nitrogen and oxygen atoms in total. The summed E-state index contributed by atoms with van der Waals surface area (Å²) in [5, 5.41) is 3.44. The Kier molecular flexibility index (Phi) is 3.78. The Labute approximate surface area is 95.8 Å². The Morgan fingerprint density at radius 3 is 3.00 bits per heavy atom. The van der Waals surface area contributed by atoms with Crippen molar-refractivity contribution in [3.63, 3.8) is 0 Å². The minimum absolute atomic E-state index is 0.144. The molecule has 2 rings (SSSR count). The van der Waals surface area contributed by atoms with Gasteiger partial charge in [-0.3, -0.25) is 0 Å². The summed E-state index contributed by atoms with van der Waals surface area (Å²) in [5.74, 6) is -0.144. The topological polar surface area (TPSA) is 21.3 Å². The van der Waals surface area contributed by atoms with Crippen molar-refractivity contribution in [2.75, 3.05) is 18.5 Å². The van der Waals surface area contributed by atoms with E-state index in [0.717, 1.165) is 38.2 Å².